The lowest BCUT2D eigenvalue weighted by Crippen LogP contribution is -2.27. The number of hydrogen-bond donors (Lipinski definition) is 4. The second kappa shape index (κ2) is 4.07. The maximum atomic E-state index is 10.3. The number of carbonyl (C=O) groups is 1. The van der Waals surface area contributed by atoms with Crippen molar-refractivity contribution in [1.29, 1.82) is 0 Å². The molecular formula is C7H8INO4. The lowest BCUT2D eigenvalue weighted by atomic mass is 10.1. The number of rotatable bonds is 3. The van der Waals surface area contributed by atoms with Crippen molar-refractivity contribution in [1.82, 2.24) is 4.98 Å². The van der Waals surface area contributed by atoms with Crippen LogP contribution in [0.2, 0.25) is 0 Å². The fraction of sp³-hybridized carbons (Fsp3) is 0.286. The van der Waals surface area contributed by atoms with E-state index in [1.165, 1.54) is 0 Å². The molecule has 2 atom stereocenters. The third kappa shape index (κ3) is 2.42. The van der Waals surface area contributed by atoms with Crippen LogP contribution < -0.4 is 0 Å². The Bertz CT molecular complexity index is 311. The van der Waals surface area contributed by atoms with Crippen LogP contribution in [0.3, 0.4) is 0 Å². The van der Waals surface area contributed by atoms with Crippen LogP contribution in [0.25, 0.3) is 0 Å². The van der Waals surface area contributed by atoms with E-state index < -0.39 is 18.2 Å². The van der Waals surface area contributed by atoms with Gasteiger partial charge in [-0.2, -0.15) is 0 Å². The van der Waals surface area contributed by atoms with E-state index in [-0.39, 0.29) is 0 Å². The van der Waals surface area contributed by atoms with Gasteiger partial charge < -0.3 is 20.3 Å². The van der Waals surface area contributed by atoms with E-state index in [9.17, 15) is 9.90 Å². The van der Waals surface area contributed by atoms with Gasteiger partial charge in [0.05, 0.1) is 0 Å². The van der Waals surface area contributed by atoms with Crippen LogP contribution in [0, 0.1) is 3.57 Å². The van der Waals surface area contributed by atoms with E-state index in [2.05, 4.69) is 4.98 Å². The van der Waals surface area contributed by atoms with Gasteiger partial charge in [0, 0.05) is 15.5 Å². The van der Waals surface area contributed by atoms with Crippen LogP contribution in [0.5, 0.6) is 0 Å². The molecule has 0 aliphatic rings. The molecule has 0 amide bonds. The number of aliphatic hydroxyl groups is 2. The summed E-state index contributed by atoms with van der Waals surface area (Å²) in [6.07, 6.45) is -1.61. The molecule has 5 nitrogen and oxygen atoms in total. The van der Waals surface area contributed by atoms with Gasteiger partial charge in [-0.1, -0.05) is 0 Å². The predicted octanol–water partition coefficient (Wildman–Crippen LogP) is 0.0982. The normalized spacial score (nSPS) is 15.3. The number of H-pyrrole nitrogens is 1. The fourth-order valence-electron chi connectivity index (χ4n) is 0.860. The maximum Gasteiger partial charge on any atom is 0.335 e. The molecule has 72 valence electrons. The fourth-order valence-corrected chi connectivity index (χ4v) is 1.35. The number of aromatic nitrogens is 1. The van der Waals surface area contributed by atoms with Gasteiger partial charge in [-0.25, -0.2) is 4.79 Å². The van der Waals surface area contributed by atoms with Gasteiger partial charge in [0.25, 0.3) is 0 Å². The molecule has 13 heavy (non-hydrogen) atoms. The third-order valence-corrected chi connectivity index (χ3v) is 2.16. The molecule has 0 aromatic carbocycles. The molecule has 0 saturated carbocycles. The monoisotopic (exact) mass is 297 g/mol. The van der Waals surface area contributed by atoms with Crippen molar-refractivity contribution < 1.29 is 20.1 Å². The Kier molecular flexibility index (Phi) is 3.28. The van der Waals surface area contributed by atoms with Crippen molar-refractivity contribution in [2.24, 2.45) is 0 Å². The Hall–Kier alpha value is -0.600. The summed E-state index contributed by atoms with van der Waals surface area (Å²) in [4.78, 5) is 13.0. The second-order valence-corrected chi connectivity index (χ2v) is 3.75. The number of nitrogens with one attached hydrogen (secondary N) is 1. The number of halogens is 1. The first-order valence-corrected chi connectivity index (χ1v) is 4.53. The summed E-state index contributed by atoms with van der Waals surface area (Å²) >= 11 is 2.00. The zero-order chi connectivity index (χ0) is 10.0. The van der Waals surface area contributed by atoms with Gasteiger partial charge in [-0.3, -0.25) is 0 Å². The zero-order valence-corrected chi connectivity index (χ0v) is 8.59. The highest BCUT2D eigenvalue weighted by atomic mass is 127. The molecule has 0 spiro atoms. The minimum absolute atomic E-state index is 0.291. The molecule has 1 rings (SSSR count). The molecule has 0 aliphatic heterocycles. The lowest BCUT2D eigenvalue weighted by Gasteiger charge is -2.11. The Balaban J connectivity index is 2.78. The average Bonchev–Trinajstić information content (AvgIpc) is 2.49. The molecule has 1 heterocycles. The molecule has 0 bridgehead atoms. The van der Waals surface area contributed by atoms with E-state index in [0.29, 0.717) is 5.69 Å². The van der Waals surface area contributed by atoms with Crippen molar-refractivity contribution in [3.63, 3.8) is 0 Å². The van der Waals surface area contributed by atoms with E-state index in [1.54, 1.807) is 12.3 Å². The Labute approximate surface area is 87.5 Å². The minimum Gasteiger partial charge on any atom is -0.479 e. The summed E-state index contributed by atoms with van der Waals surface area (Å²) in [5, 5.41) is 26.7. The van der Waals surface area contributed by atoms with E-state index in [1.807, 2.05) is 22.6 Å². The molecule has 1 aromatic rings. The van der Waals surface area contributed by atoms with Gasteiger partial charge in [-0.15, -0.1) is 0 Å². The number of aliphatic carboxylic acids is 1. The molecule has 6 heteroatoms. The van der Waals surface area contributed by atoms with Gasteiger partial charge in [0.15, 0.2) is 6.10 Å². The maximum absolute atomic E-state index is 10.3. The molecule has 2 unspecified atom stereocenters. The van der Waals surface area contributed by atoms with Crippen LogP contribution >= 0.6 is 22.6 Å². The van der Waals surface area contributed by atoms with Gasteiger partial charge in [-0.05, 0) is 28.7 Å². The molecule has 0 fully saturated rings. The quantitative estimate of drug-likeness (QED) is 0.595. The molecule has 4 N–H and O–H groups in total. The summed E-state index contributed by atoms with van der Waals surface area (Å²) in [7, 11) is 0. The molecule has 1 aromatic heterocycles. The SMILES string of the molecule is O=C(O)C(O)C(O)c1cc(I)c[nH]1. The molecular weight excluding hydrogens is 289 g/mol. The van der Waals surface area contributed by atoms with Crippen LogP contribution in [0.15, 0.2) is 12.3 Å². The van der Waals surface area contributed by atoms with E-state index >= 15 is 0 Å². The number of aromatic amines is 1. The smallest absolute Gasteiger partial charge is 0.335 e. The molecule has 0 aliphatic carbocycles. The van der Waals surface area contributed by atoms with Crippen LogP contribution in [0.1, 0.15) is 11.8 Å². The predicted molar refractivity (Wildman–Crippen MR) is 52.1 cm³/mol. The molecule has 0 radical (unpaired) electrons. The van der Waals surface area contributed by atoms with Gasteiger partial charge in [0.2, 0.25) is 0 Å². The summed E-state index contributed by atoms with van der Waals surface area (Å²) in [5.74, 6) is -1.45. The second-order valence-electron chi connectivity index (χ2n) is 2.50. The number of carboxylic acid groups (broad SMARTS) is 1. The summed E-state index contributed by atoms with van der Waals surface area (Å²) in [6.45, 7) is 0. The summed E-state index contributed by atoms with van der Waals surface area (Å²) in [5.41, 5.74) is 0.291. The highest BCUT2D eigenvalue weighted by Crippen LogP contribution is 2.17. The van der Waals surface area contributed by atoms with Gasteiger partial charge in [0.1, 0.15) is 6.10 Å². The number of carboxylic acids is 1. The first-order chi connectivity index (χ1) is 6.02. The van der Waals surface area contributed by atoms with Crippen molar-refractivity contribution >= 4 is 28.6 Å². The largest absolute Gasteiger partial charge is 0.479 e. The number of hydrogen-bond acceptors (Lipinski definition) is 3. The van der Waals surface area contributed by atoms with Crippen LogP contribution in [-0.2, 0) is 4.79 Å². The number of aliphatic hydroxyl groups excluding tert-OH is 2. The lowest BCUT2D eigenvalue weighted by molar-refractivity contribution is -0.153. The topological polar surface area (TPSA) is 93.6 Å². The van der Waals surface area contributed by atoms with E-state index in [0.717, 1.165) is 3.57 Å². The molecule has 0 saturated heterocycles. The van der Waals surface area contributed by atoms with Crippen LogP contribution in [0.4, 0.5) is 0 Å². The van der Waals surface area contributed by atoms with Gasteiger partial charge >= 0.3 is 5.97 Å². The highest BCUT2D eigenvalue weighted by molar-refractivity contribution is 14.1. The van der Waals surface area contributed by atoms with Crippen molar-refractivity contribution in [3.8, 4) is 0 Å². The summed E-state index contributed by atoms with van der Waals surface area (Å²) in [6, 6.07) is 1.57. The third-order valence-electron chi connectivity index (χ3n) is 1.54. The standard InChI is InChI=1S/C7H8INO4/c8-3-1-4(9-2-3)5(10)6(11)7(12)13/h1-2,5-6,9-11H,(H,12,13). The Morgan fingerprint density at radius 1 is 1.54 bits per heavy atom. The minimum atomic E-state index is -1.80. The first kappa shape index (κ1) is 10.5. The average molecular weight is 297 g/mol. The van der Waals surface area contributed by atoms with Crippen molar-refractivity contribution in [2.45, 2.75) is 12.2 Å². The van der Waals surface area contributed by atoms with E-state index in [4.69, 9.17) is 10.2 Å². The summed E-state index contributed by atoms with van der Waals surface area (Å²) < 4.78 is 0.837. The highest BCUT2D eigenvalue weighted by Gasteiger charge is 2.25. The first-order valence-electron chi connectivity index (χ1n) is 3.45. The zero-order valence-electron chi connectivity index (χ0n) is 6.44. The van der Waals surface area contributed by atoms with Crippen molar-refractivity contribution in [2.75, 3.05) is 0 Å². The Morgan fingerprint density at radius 2 is 2.15 bits per heavy atom. The van der Waals surface area contributed by atoms with Crippen molar-refractivity contribution in [3.05, 3.63) is 21.5 Å². The van der Waals surface area contributed by atoms with Crippen LogP contribution in [-0.4, -0.2) is 32.4 Å². The Morgan fingerprint density at radius 3 is 2.54 bits per heavy atom.